The second-order valence-electron chi connectivity index (χ2n) is 14.3. The summed E-state index contributed by atoms with van der Waals surface area (Å²) in [7, 11) is 1.95. The topological polar surface area (TPSA) is 88.0 Å². The summed E-state index contributed by atoms with van der Waals surface area (Å²) >= 11 is 0. The fraction of sp³-hybridized carbons (Fsp3) is 0.514. The van der Waals surface area contributed by atoms with E-state index < -0.39 is 5.60 Å². The van der Waals surface area contributed by atoms with Crippen molar-refractivity contribution in [1.29, 1.82) is 0 Å². The van der Waals surface area contributed by atoms with E-state index in [-0.39, 0.29) is 17.9 Å². The van der Waals surface area contributed by atoms with Gasteiger partial charge in [0.25, 0.3) is 5.91 Å². The molecule has 0 bridgehead atoms. The van der Waals surface area contributed by atoms with Crippen LogP contribution in [0.15, 0.2) is 48.7 Å². The van der Waals surface area contributed by atoms with Crippen molar-refractivity contribution < 1.29 is 19.1 Å². The first-order valence-electron chi connectivity index (χ1n) is 16.7. The van der Waals surface area contributed by atoms with Crippen LogP contribution in [0.2, 0.25) is 0 Å². The van der Waals surface area contributed by atoms with Gasteiger partial charge >= 0.3 is 6.09 Å². The molecule has 1 saturated carbocycles. The van der Waals surface area contributed by atoms with Crippen molar-refractivity contribution in [3.05, 3.63) is 82.2 Å². The van der Waals surface area contributed by atoms with Crippen LogP contribution in [0.5, 0.6) is 0 Å². The Balaban J connectivity index is 1.04. The van der Waals surface area contributed by atoms with E-state index in [1.165, 1.54) is 0 Å². The van der Waals surface area contributed by atoms with E-state index in [0.29, 0.717) is 43.5 Å². The molecular weight excluding hydrogens is 578 g/mol. The average molecular weight is 626 g/mol. The number of anilines is 1. The lowest BCUT2D eigenvalue weighted by Crippen LogP contribution is -2.45. The standard InChI is InChI=1S/C37H47N5O4/c1-25-20-29(35(44)42-24-30-22-38-39(5)33(30)21-28-8-6-7-9-32(28)42)11-10-27(25)12-15-34(43)40-18-16-26(17-19-40)23-41(31-13-14-31)36(45)46-37(2,3)4/h6-11,20,22,26,31H,12-19,21,23-24H2,1-5H3. The Morgan fingerprint density at radius 3 is 2.43 bits per heavy atom. The molecule has 1 saturated heterocycles. The maximum Gasteiger partial charge on any atom is 0.410 e. The van der Waals surface area contributed by atoms with E-state index in [1.54, 1.807) is 0 Å². The molecule has 2 fully saturated rings. The molecule has 3 aliphatic rings. The zero-order chi connectivity index (χ0) is 32.6. The molecule has 9 nitrogen and oxygen atoms in total. The lowest BCUT2D eigenvalue weighted by molar-refractivity contribution is -0.132. The van der Waals surface area contributed by atoms with Crippen LogP contribution in [-0.2, 0) is 36.0 Å². The molecule has 3 aromatic rings. The number of ether oxygens (including phenoxy) is 1. The number of amides is 3. The van der Waals surface area contributed by atoms with Gasteiger partial charge in [0, 0.05) is 68.1 Å². The Hall–Kier alpha value is -4.14. The molecule has 1 aromatic heterocycles. The largest absolute Gasteiger partial charge is 0.444 e. The second kappa shape index (κ2) is 12.9. The van der Waals surface area contributed by atoms with Crippen LogP contribution < -0.4 is 4.90 Å². The van der Waals surface area contributed by atoms with Gasteiger partial charge in [-0.3, -0.25) is 14.3 Å². The van der Waals surface area contributed by atoms with Gasteiger partial charge in [-0.25, -0.2) is 4.79 Å². The number of rotatable bonds is 7. The quantitative estimate of drug-likeness (QED) is 0.319. The third kappa shape index (κ3) is 7.13. The van der Waals surface area contributed by atoms with Gasteiger partial charge in [-0.15, -0.1) is 0 Å². The Kier molecular flexibility index (Phi) is 8.95. The molecule has 46 heavy (non-hydrogen) atoms. The number of fused-ring (bicyclic) bond motifs is 2. The monoisotopic (exact) mass is 625 g/mol. The van der Waals surface area contributed by atoms with E-state index in [2.05, 4.69) is 11.2 Å². The smallest absolute Gasteiger partial charge is 0.410 e. The summed E-state index contributed by atoms with van der Waals surface area (Å²) in [6.45, 7) is 10.4. The fourth-order valence-electron chi connectivity index (χ4n) is 6.80. The molecule has 6 rings (SSSR count). The van der Waals surface area contributed by atoms with E-state index >= 15 is 0 Å². The second-order valence-corrected chi connectivity index (χ2v) is 14.3. The molecule has 0 unspecified atom stereocenters. The van der Waals surface area contributed by atoms with Crippen molar-refractivity contribution in [2.75, 3.05) is 24.5 Å². The number of benzene rings is 2. The van der Waals surface area contributed by atoms with Gasteiger partial charge in [-0.05, 0) is 101 Å². The van der Waals surface area contributed by atoms with Crippen molar-refractivity contribution >= 4 is 23.6 Å². The SMILES string of the molecule is Cc1cc(C(=O)N2Cc3cnn(C)c3Cc3ccccc32)ccc1CCC(=O)N1CCC(CN(C(=O)OC(C)(C)C)C2CC2)CC1. The predicted octanol–water partition coefficient (Wildman–Crippen LogP) is 6.05. The summed E-state index contributed by atoms with van der Waals surface area (Å²) in [5.41, 5.74) is 6.48. The molecule has 2 aliphatic heterocycles. The number of carbonyl (C=O) groups is 3. The number of piperidine rings is 1. The highest BCUT2D eigenvalue weighted by Gasteiger charge is 2.37. The molecular formula is C37H47N5O4. The molecule has 1 aliphatic carbocycles. The molecule has 9 heteroatoms. The molecule has 0 spiro atoms. The zero-order valence-electron chi connectivity index (χ0n) is 27.9. The van der Waals surface area contributed by atoms with E-state index in [9.17, 15) is 14.4 Å². The number of likely N-dealkylation sites (tertiary alicyclic amines) is 1. The maximum atomic E-state index is 13.9. The van der Waals surface area contributed by atoms with Gasteiger partial charge in [-0.2, -0.15) is 5.10 Å². The van der Waals surface area contributed by atoms with Crippen LogP contribution in [-0.4, -0.2) is 68.8 Å². The summed E-state index contributed by atoms with van der Waals surface area (Å²) in [5.74, 6) is 0.507. The van der Waals surface area contributed by atoms with Crippen LogP contribution in [0.25, 0.3) is 0 Å². The first kappa shape index (κ1) is 31.8. The van der Waals surface area contributed by atoms with Crippen molar-refractivity contribution in [2.24, 2.45) is 13.0 Å². The number of para-hydroxylation sites is 1. The Labute approximate surface area is 272 Å². The summed E-state index contributed by atoms with van der Waals surface area (Å²) in [4.78, 5) is 45.7. The Morgan fingerprint density at radius 2 is 1.74 bits per heavy atom. The highest BCUT2D eigenvalue weighted by Crippen LogP contribution is 2.33. The molecule has 0 atom stereocenters. The normalized spacial score (nSPS) is 16.8. The minimum atomic E-state index is -0.502. The highest BCUT2D eigenvalue weighted by atomic mass is 16.6. The van der Waals surface area contributed by atoms with Gasteiger partial charge in [0.05, 0.1) is 12.7 Å². The van der Waals surface area contributed by atoms with Gasteiger partial charge in [0.15, 0.2) is 0 Å². The van der Waals surface area contributed by atoms with E-state index in [4.69, 9.17) is 4.74 Å². The maximum absolute atomic E-state index is 13.9. The summed E-state index contributed by atoms with van der Waals surface area (Å²) in [6.07, 6.45) is 7.35. The summed E-state index contributed by atoms with van der Waals surface area (Å²) in [6, 6.07) is 14.3. The Morgan fingerprint density at radius 1 is 1.00 bits per heavy atom. The number of aromatic nitrogens is 2. The average Bonchev–Trinajstić information content (AvgIpc) is 3.83. The van der Waals surface area contributed by atoms with Crippen molar-refractivity contribution in [1.82, 2.24) is 19.6 Å². The molecule has 0 radical (unpaired) electrons. The van der Waals surface area contributed by atoms with E-state index in [0.717, 1.165) is 78.8 Å². The lowest BCUT2D eigenvalue weighted by atomic mass is 9.95. The first-order chi connectivity index (χ1) is 22.0. The highest BCUT2D eigenvalue weighted by molar-refractivity contribution is 6.06. The number of carbonyl (C=O) groups excluding carboxylic acids is 3. The van der Waals surface area contributed by atoms with Crippen LogP contribution >= 0.6 is 0 Å². The number of nitrogens with zero attached hydrogens (tertiary/aromatic N) is 5. The fourth-order valence-corrected chi connectivity index (χ4v) is 6.80. The number of hydrogen-bond donors (Lipinski definition) is 0. The van der Waals surface area contributed by atoms with Crippen molar-refractivity contribution in [3.8, 4) is 0 Å². The number of aryl methyl sites for hydroxylation is 3. The molecule has 2 aromatic carbocycles. The third-order valence-corrected chi connectivity index (χ3v) is 9.60. The van der Waals surface area contributed by atoms with Crippen LogP contribution in [0.4, 0.5) is 10.5 Å². The van der Waals surface area contributed by atoms with E-state index in [1.807, 2.05) is 96.7 Å². The predicted molar refractivity (Wildman–Crippen MR) is 178 cm³/mol. The van der Waals surface area contributed by atoms with Crippen molar-refractivity contribution in [2.45, 2.75) is 90.8 Å². The van der Waals surface area contributed by atoms with Crippen LogP contribution in [0.1, 0.15) is 91.2 Å². The first-order valence-corrected chi connectivity index (χ1v) is 16.7. The zero-order valence-corrected chi connectivity index (χ0v) is 27.9. The van der Waals surface area contributed by atoms with Gasteiger partial charge in [0.2, 0.25) is 5.91 Å². The van der Waals surface area contributed by atoms with Crippen LogP contribution in [0, 0.1) is 12.8 Å². The van der Waals surface area contributed by atoms with Gasteiger partial charge < -0.3 is 19.4 Å². The summed E-state index contributed by atoms with van der Waals surface area (Å²) in [5, 5.41) is 4.44. The van der Waals surface area contributed by atoms with Crippen molar-refractivity contribution in [3.63, 3.8) is 0 Å². The lowest BCUT2D eigenvalue weighted by Gasteiger charge is -2.35. The molecule has 0 N–H and O–H groups in total. The third-order valence-electron chi connectivity index (χ3n) is 9.60. The molecule has 3 heterocycles. The summed E-state index contributed by atoms with van der Waals surface area (Å²) < 4.78 is 7.57. The Bertz CT molecular complexity index is 1610. The van der Waals surface area contributed by atoms with Gasteiger partial charge in [-0.1, -0.05) is 24.3 Å². The number of hydrogen-bond acceptors (Lipinski definition) is 5. The minimum Gasteiger partial charge on any atom is -0.444 e. The molecule has 244 valence electrons. The van der Waals surface area contributed by atoms with Crippen LogP contribution in [0.3, 0.4) is 0 Å². The van der Waals surface area contributed by atoms with Gasteiger partial charge in [0.1, 0.15) is 5.60 Å². The minimum absolute atomic E-state index is 0.0373. The molecule has 3 amide bonds.